The summed E-state index contributed by atoms with van der Waals surface area (Å²) < 4.78 is 0. The molecule has 5 fully saturated rings. The lowest BCUT2D eigenvalue weighted by molar-refractivity contribution is -0.0142. The van der Waals surface area contributed by atoms with Crippen LogP contribution >= 0.6 is 0 Å². The number of rotatable bonds is 3. The second kappa shape index (κ2) is 7.89. The second-order valence-corrected chi connectivity index (χ2v) is 10.6. The van der Waals surface area contributed by atoms with Crippen molar-refractivity contribution in [3.63, 3.8) is 0 Å². The van der Waals surface area contributed by atoms with Crippen LogP contribution in [0.2, 0.25) is 0 Å². The molecule has 154 valence electrons. The van der Waals surface area contributed by atoms with E-state index >= 15 is 0 Å². The lowest BCUT2D eigenvalue weighted by atomic mass is 9.68. The van der Waals surface area contributed by atoms with E-state index in [-0.39, 0.29) is 0 Å². The first kappa shape index (κ1) is 18.8. The standard InChI is InChI=1S/C25H39N3/c1-17-9-10-21-15-25(27-24-8-3-2-7-23(24)26)20(11-17)16-28(21)22-13-18-5-4-6-19(12-18)14-22/h2-3,7-8,17-22,25,27H,4-6,9-16,26H2,1H3/t17-,18-,19+,20?,21+,22?,25-/m0/s1. The maximum atomic E-state index is 6.26. The fraction of sp³-hybridized carbons (Fsp3) is 0.760. The van der Waals surface area contributed by atoms with Gasteiger partial charge >= 0.3 is 0 Å². The third-order valence-corrected chi connectivity index (χ3v) is 8.58. The van der Waals surface area contributed by atoms with Gasteiger partial charge in [-0.2, -0.15) is 0 Å². The normalized spacial score (nSPS) is 41.2. The molecule has 1 aromatic rings. The molecule has 5 aliphatic rings. The molecule has 3 saturated carbocycles. The Labute approximate surface area is 171 Å². The summed E-state index contributed by atoms with van der Waals surface area (Å²) in [7, 11) is 0. The molecule has 6 rings (SSSR count). The number of piperidine rings is 1. The molecular formula is C25H39N3. The van der Waals surface area contributed by atoms with Crippen LogP contribution in [0.3, 0.4) is 0 Å². The molecule has 4 bridgehead atoms. The number of fused-ring (bicyclic) bond motifs is 7. The lowest BCUT2D eigenvalue weighted by Gasteiger charge is -2.53. The van der Waals surface area contributed by atoms with E-state index in [2.05, 4.69) is 29.3 Å². The predicted molar refractivity (Wildman–Crippen MR) is 118 cm³/mol. The highest BCUT2D eigenvalue weighted by Gasteiger charge is 2.43. The number of hydrogen-bond donors (Lipinski definition) is 2. The third-order valence-electron chi connectivity index (χ3n) is 8.58. The van der Waals surface area contributed by atoms with Gasteiger partial charge in [-0.15, -0.1) is 0 Å². The Balaban J connectivity index is 1.34. The molecule has 0 radical (unpaired) electrons. The van der Waals surface area contributed by atoms with Crippen molar-refractivity contribution in [3.8, 4) is 0 Å². The molecule has 0 amide bonds. The number of benzene rings is 1. The fourth-order valence-corrected chi connectivity index (χ4v) is 7.22. The molecule has 28 heavy (non-hydrogen) atoms. The van der Waals surface area contributed by atoms with E-state index in [0.717, 1.165) is 47.1 Å². The number of nitrogens with two attached hydrogens (primary N) is 1. The summed E-state index contributed by atoms with van der Waals surface area (Å²) in [6.45, 7) is 3.79. The summed E-state index contributed by atoms with van der Waals surface area (Å²) >= 11 is 0. The van der Waals surface area contributed by atoms with Gasteiger partial charge in [-0.05, 0) is 80.8 Å². The molecule has 3 aliphatic carbocycles. The Bertz CT molecular complexity index is 662. The topological polar surface area (TPSA) is 41.3 Å². The van der Waals surface area contributed by atoms with E-state index in [1.807, 2.05) is 12.1 Å². The zero-order valence-corrected chi connectivity index (χ0v) is 17.7. The quantitative estimate of drug-likeness (QED) is 0.677. The van der Waals surface area contributed by atoms with E-state index in [1.54, 1.807) is 0 Å². The van der Waals surface area contributed by atoms with Crippen LogP contribution in [0.4, 0.5) is 11.4 Å². The van der Waals surface area contributed by atoms with Gasteiger partial charge in [0.1, 0.15) is 0 Å². The molecule has 7 atom stereocenters. The minimum atomic E-state index is 0.580. The van der Waals surface area contributed by atoms with E-state index < -0.39 is 0 Å². The van der Waals surface area contributed by atoms with Gasteiger partial charge in [0.15, 0.2) is 0 Å². The number of nitrogens with zero attached hydrogens (tertiary/aromatic N) is 1. The first-order valence-electron chi connectivity index (χ1n) is 12.0. The first-order chi connectivity index (χ1) is 13.7. The van der Waals surface area contributed by atoms with E-state index in [4.69, 9.17) is 5.73 Å². The second-order valence-electron chi connectivity index (χ2n) is 10.6. The average molecular weight is 382 g/mol. The maximum Gasteiger partial charge on any atom is 0.0576 e. The minimum absolute atomic E-state index is 0.580. The summed E-state index contributed by atoms with van der Waals surface area (Å²) in [5, 5.41) is 3.88. The van der Waals surface area contributed by atoms with Crippen LogP contribution in [0.25, 0.3) is 0 Å². The maximum absolute atomic E-state index is 6.26. The number of anilines is 2. The molecule has 3 heteroatoms. The monoisotopic (exact) mass is 381 g/mol. The van der Waals surface area contributed by atoms with Crippen LogP contribution in [0.15, 0.2) is 24.3 Å². The molecule has 3 N–H and O–H groups in total. The van der Waals surface area contributed by atoms with Gasteiger partial charge in [-0.3, -0.25) is 4.90 Å². The largest absolute Gasteiger partial charge is 0.397 e. The average Bonchev–Trinajstić information content (AvgIpc) is 2.67. The van der Waals surface area contributed by atoms with Crippen molar-refractivity contribution in [2.45, 2.75) is 89.3 Å². The van der Waals surface area contributed by atoms with Crippen LogP contribution in [0, 0.1) is 23.7 Å². The lowest BCUT2D eigenvalue weighted by Crippen LogP contribution is -2.58. The summed E-state index contributed by atoms with van der Waals surface area (Å²) in [5.74, 6) is 3.67. The predicted octanol–water partition coefficient (Wildman–Crippen LogP) is 5.53. The van der Waals surface area contributed by atoms with Crippen LogP contribution in [0.5, 0.6) is 0 Å². The van der Waals surface area contributed by atoms with Crippen LogP contribution < -0.4 is 11.1 Å². The number of para-hydroxylation sites is 2. The van der Waals surface area contributed by atoms with Gasteiger partial charge in [0.25, 0.3) is 0 Å². The number of nitrogens with one attached hydrogen (secondary N) is 1. The highest BCUT2D eigenvalue weighted by molar-refractivity contribution is 5.66. The molecule has 2 heterocycles. The molecule has 2 unspecified atom stereocenters. The van der Waals surface area contributed by atoms with Crippen molar-refractivity contribution < 1.29 is 0 Å². The van der Waals surface area contributed by atoms with Gasteiger partial charge in [0.05, 0.1) is 11.4 Å². The molecule has 0 aromatic heterocycles. The third kappa shape index (κ3) is 3.79. The Morgan fingerprint density at radius 1 is 0.893 bits per heavy atom. The Morgan fingerprint density at radius 3 is 2.46 bits per heavy atom. The molecular weight excluding hydrogens is 342 g/mol. The van der Waals surface area contributed by atoms with Crippen molar-refractivity contribution in [1.29, 1.82) is 0 Å². The smallest absolute Gasteiger partial charge is 0.0576 e. The Kier molecular flexibility index (Phi) is 5.30. The van der Waals surface area contributed by atoms with E-state index in [9.17, 15) is 0 Å². The van der Waals surface area contributed by atoms with Gasteiger partial charge in [0.2, 0.25) is 0 Å². The van der Waals surface area contributed by atoms with Crippen molar-refractivity contribution in [2.24, 2.45) is 23.7 Å². The number of nitrogen functional groups attached to an aromatic ring is 1. The molecule has 0 spiro atoms. The van der Waals surface area contributed by atoms with Crippen LogP contribution in [0.1, 0.15) is 71.1 Å². The summed E-state index contributed by atoms with van der Waals surface area (Å²) in [5.41, 5.74) is 8.29. The zero-order chi connectivity index (χ0) is 19.1. The highest BCUT2D eigenvalue weighted by Crippen LogP contribution is 2.45. The summed E-state index contributed by atoms with van der Waals surface area (Å²) in [4.78, 5) is 3.01. The number of hydrogen-bond acceptors (Lipinski definition) is 3. The van der Waals surface area contributed by atoms with Crippen molar-refractivity contribution in [1.82, 2.24) is 4.90 Å². The first-order valence-corrected chi connectivity index (χ1v) is 12.0. The van der Waals surface area contributed by atoms with Crippen molar-refractivity contribution in [3.05, 3.63) is 24.3 Å². The van der Waals surface area contributed by atoms with E-state index in [1.165, 1.54) is 70.8 Å². The minimum Gasteiger partial charge on any atom is -0.397 e. The van der Waals surface area contributed by atoms with Gasteiger partial charge in [-0.25, -0.2) is 0 Å². The van der Waals surface area contributed by atoms with Gasteiger partial charge < -0.3 is 11.1 Å². The highest BCUT2D eigenvalue weighted by atomic mass is 15.2. The van der Waals surface area contributed by atoms with Gasteiger partial charge in [0, 0.05) is 24.7 Å². The van der Waals surface area contributed by atoms with Crippen molar-refractivity contribution in [2.75, 3.05) is 17.6 Å². The summed E-state index contributed by atoms with van der Waals surface area (Å²) in [6, 6.07) is 10.5. The molecule has 3 nitrogen and oxygen atoms in total. The Hall–Kier alpha value is -1.22. The zero-order valence-electron chi connectivity index (χ0n) is 17.7. The Morgan fingerprint density at radius 2 is 1.68 bits per heavy atom. The van der Waals surface area contributed by atoms with Crippen LogP contribution in [-0.2, 0) is 0 Å². The van der Waals surface area contributed by atoms with Gasteiger partial charge in [-0.1, -0.05) is 38.3 Å². The SMILES string of the molecule is C[C@H]1CC[C@@H]2C[C@H](Nc3ccccc3N)C(C1)CN2C1C[C@H]2CCC[C@@H](C1)C2. The fourth-order valence-electron chi connectivity index (χ4n) is 7.22. The van der Waals surface area contributed by atoms with E-state index in [0.29, 0.717) is 6.04 Å². The molecule has 2 aliphatic heterocycles. The van der Waals surface area contributed by atoms with Crippen molar-refractivity contribution >= 4 is 11.4 Å². The molecule has 1 aromatic carbocycles. The molecule has 2 saturated heterocycles. The van der Waals surface area contributed by atoms with Crippen LogP contribution in [-0.4, -0.2) is 29.6 Å². The summed E-state index contributed by atoms with van der Waals surface area (Å²) in [6.07, 6.45) is 14.5.